The van der Waals surface area contributed by atoms with E-state index in [-0.39, 0.29) is 5.78 Å². The fourth-order valence-electron chi connectivity index (χ4n) is 0.196. The van der Waals surface area contributed by atoms with Crippen molar-refractivity contribution in [3.63, 3.8) is 0 Å². The molecule has 0 unspecified atom stereocenters. The van der Waals surface area contributed by atoms with Crippen molar-refractivity contribution in [1.82, 2.24) is 0 Å². The van der Waals surface area contributed by atoms with E-state index in [0.717, 1.165) is 0 Å². The Morgan fingerprint density at radius 3 is 2.22 bits per heavy atom. The standard InChI is InChI=1S/C3H4O2.C3H6O/c1-2-4-5-3-1;1-3(2)4/h1-2H,3H2;1-2H3. The van der Waals surface area contributed by atoms with E-state index in [9.17, 15) is 4.79 Å². The largest absolute Gasteiger partial charge is 0.345 e. The summed E-state index contributed by atoms with van der Waals surface area (Å²) >= 11 is 0. The molecule has 0 aromatic carbocycles. The van der Waals surface area contributed by atoms with Gasteiger partial charge in [-0.15, -0.1) is 0 Å². The van der Waals surface area contributed by atoms with E-state index in [4.69, 9.17) is 0 Å². The summed E-state index contributed by atoms with van der Waals surface area (Å²) in [4.78, 5) is 18.0. The molecular weight excluding hydrogens is 120 g/mol. The summed E-state index contributed by atoms with van der Waals surface area (Å²) in [7, 11) is 0. The number of Topliss-reactive ketones (excluding diaryl/α,β-unsaturated/α-hetero) is 1. The summed E-state index contributed by atoms with van der Waals surface area (Å²) in [6.45, 7) is 3.65. The molecular formula is C6H10O3. The van der Waals surface area contributed by atoms with Gasteiger partial charge in [0.05, 0.1) is 0 Å². The van der Waals surface area contributed by atoms with Crippen molar-refractivity contribution in [1.29, 1.82) is 0 Å². The molecule has 1 heterocycles. The normalized spacial score (nSPS) is 13.6. The van der Waals surface area contributed by atoms with Crippen LogP contribution in [0, 0.1) is 0 Å². The molecule has 1 aliphatic rings. The fraction of sp³-hybridized carbons (Fsp3) is 0.500. The molecule has 0 spiro atoms. The predicted molar refractivity (Wildman–Crippen MR) is 32.5 cm³/mol. The van der Waals surface area contributed by atoms with E-state index in [1.807, 2.05) is 0 Å². The molecule has 0 fully saturated rings. The highest BCUT2D eigenvalue weighted by atomic mass is 17.2. The molecule has 0 aromatic rings. The summed E-state index contributed by atoms with van der Waals surface area (Å²) in [5.74, 6) is 0.167. The topological polar surface area (TPSA) is 35.5 Å². The highest BCUT2D eigenvalue weighted by Gasteiger charge is 1.84. The van der Waals surface area contributed by atoms with Gasteiger partial charge in [-0.2, -0.15) is 4.89 Å². The highest BCUT2D eigenvalue weighted by Crippen LogP contribution is 1.88. The Morgan fingerprint density at radius 1 is 1.56 bits per heavy atom. The van der Waals surface area contributed by atoms with Gasteiger partial charge in [0.15, 0.2) is 0 Å². The first-order valence-corrected chi connectivity index (χ1v) is 2.64. The van der Waals surface area contributed by atoms with Crippen LogP contribution in [-0.4, -0.2) is 12.4 Å². The van der Waals surface area contributed by atoms with Gasteiger partial charge in [-0.3, -0.25) is 0 Å². The highest BCUT2D eigenvalue weighted by molar-refractivity contribution is 5.72. The zero-order chi connectivity index (χ0) is 7.11. The van der Waals surface area contributed by atoms with Gasteiger partial charge in [0, 0.05) is 0 Å². The van der Waals surface area contributed by atoms with Gasteiger partial charge in [0.25, 0.3) is 0 Å². The molecule has 0 amide bonds. The molecule has 1 aliphatic heterocycles. The Morgan fingerprint density at radius 2 is 2.11 bits per heavy atom. The van der Waals surface area contributed by atoms with Crippen LogP contribution in [-0.2, 0) is 14.6 Å². The minimum Gasteiger partial charge on any atom is -0.345 e. The van der Waals surface area contributed by atoms with Crippen molar-refractivity contribution in [3.8, 4) is 0 Å². The number of hydrogen-bond acceptors (Lipinski definition) is 3. The molecule has 0 aromatic heterocycles. The van der Waals surface area contributed by atoms with Crippen LogP contribution >= 0.6 is 0 Å². The van der Waals surface area contributed by atoms with Crippen molar-refractivity contribution in [2.45, 2.75) is 13.8 Å². The van der Waals surface area contributed by atoms with E-state index < -0.39 is 0 Å². The molecule has 0 N–H and O–H groups in total. The molecule has 3 heteroatoms. The summed E-state index contributed by atoms with van der Waals surface area (Å²) in [5.41, 5.74) is 0. The Hall–Kier alpha value is -0.830. The first-order valence-electron chi connectivity index (χ1n) is 2.64. The number of carbonyl (C=O) groups excluding carboxylic acids is 1. The van der Waals surface area contributed by atoms with Gasteiger partial charge in [-0.1, -0.05) is 0 Å². The van der Waals surface area contributed by atoms with Crippen LogP contribution in [0.3, 0.4) is 0 Å². The van der Waals surface area contributed by atoms with E-state index in [1.54, 1.807) is 6.08 Å². The van der Waals surface area contributed by atoms with Gasteiger partial charge >= 0.3 is 0 Å². The quantitative estimate of drug-likeness (QED) is 0.460. The van der Waals surface area contributed by atoms with Crippen LogP contribution in [0.2, 0.25) is 0 Å². The minimum absolute atomic E-state index is 0.167. The van der Waals surface area contributed by atoms with Crippen LogP contribution in [0.5, 0.6) is 0 Å². The van der Waals surface area contributed by atoms with Crippen LogP contribution in [0.1, 0.15) is 13.8 Å². The molecule has 0 bridgehead atoms. The van der Waals surface area contributed by atoms with Crippen molar-refractivity contribution in [2.24, 2.45) is 0 Å². The number of carbonyl (C=O) groups is 1. The van der Waals surface area contributed by atoms with Gasteiger partial charge < -0.3 is 9.68 Å². The van der Waals surface area contributed by atoms with Gasteiger partial charge in [-0.25, -0.2) is 0 Å². The van der Waals surface area contributed by atoms with Crippen molar-refractivity contribution >= 4 is 5.78 Å². The maximum absolute atomic E-state index is 9.44. The molecule has 0 radical (unpaired) electrons. The van der Waals surface area contributed by atoms with E-state index >= 15 is 0 Å². The molecule has 0 saturated carbocycles. The summed E-state index contributed by atoms with van der Waals surface area (Å²) in [6, 6.07) is 0. The number of ketones is 1. The third-order valence-corrected chi connectivity index (χ3v) is 0.384. The van der Waals surface area contributed by atoms with Crippen LogP contribution < -0.4 is 0 Å². The van der Waals surface area contributed by atoms with Gasteiger partial charge in [0.2, 0.25) is 0 Å². The molecule has 52 valence electrons. The lowest BCUT2D eigenvalue weighted by molar-refractivity contribution is -0.221. The Balaban J connectivity index is 0.000000148. The van der Waals surface area contributed by atoms with E-state index in [1.165, 1.54) is 20.1 Å². The summed E-state index contributed by atoms with van der Waals surface area (Å²) < 4.78 is 0. The average Bonchev–Trinajstić information content (AvgIpc) is 2.11. The maximum Gasteiger partial charge on any atom is 0.128 e. The van der Waals surface area contributed by atoms with Crippen LogP contribution in [0.15, 0.2) is 12.3 Å². The zero-order valence-electron chi connectivity index (χ0n) is 5.59. The van der Waals surface area contributed by atoms with Gasteiger partial charge in [-0.05, 0) is 19.9 Å². The number of hydrogen-bond donors (Lipinski definition) is 0. The molecule has 0 atom stereocenters. The first kappa shape index (κ1) is 8.17. The van der Waals surface area contributed by atoms with Crippen LogP contribution in [0.25, 0.3) is 0 Å². The molecule has 9 heavy (non-hydrogen) atoms. The zero-order valence-corrected chi connectivity index (χ0v) is 5.59. The Labute approximate surface area is 54.2 Å². The number of rotatable bonds is 0. The van der Waals surface area contributed by atoms with Crippen molar-refractivity contribution in [3.05, 3.63) is 12.3 Å². The molecule has 0 saturated heterocycles. The third-order valence-electron chi connectivity index (χ3n) is 0.384. The fourth-order valence-corrected chi connectivity index (χ4v) is 0.196. The first-order chi connectivity index (χ1) is 4.23. The molecule has 3 nitrogen and oxygen atoms in total. The van der Waals surface area contributed by atoms with Crippen molar-refractivity contribution in [2.75, 3.05) is 6.61 Å². The lowest BCUT2D eigenvalue weighted by Gasteiger charge is -1.80. The maximum atomic E-state index is 9.44. The lowest BCUT2D eigenvalue weighted by Crippen LogP contribution is -1.73. The predicted octanol–water partition coefficient (Wildman–Crippen LogP) is 1.06. The average molecular weight is 130 g/mol. The Bertz CT molecular complexity index is 96.9. The second-order valence-corrected chi connectivity index (χ2v) is 1.66. The van der Waals surface area contributed by atoms with Crippen LogP contribution in [0.4, 0.5) is 0 Å². The summed E-state index contributed by atoms with van der Waals surface area (Å²) in [6.07, 6.45) is 3.31. The Kier molecular flexibility index (Phi) is 4.82. The van der Waals surface area contributed by atoms with Crippen molar-refractivity contribution < 1.29 is 14.6 Å². The van der Waals surface area contributed by atoms with E-state index in [2.05, 4.69) is 9.78 Å². The second kappa shape index (κ2) is 5.31. The lowest BCUT2D eigenvalue weighted by atomic mass is 10.6. The third kappa shape index (κ3) is 11.0. The second-order valence-electron chi connectivity index (χ2n) is 1.66. The van der Waals surface area contributed by atoms with Gasteiger partial charge in [0.1, 0.15) is 18.7 Å². The van der Waals surface area contributed by atoms with E-state index in [0.29, 0.717) is 6.61 Å². The summed E-state index contributed by atoms with van der Waals surface area (Å²) in [5, 5.41) is 0. The minimum atomic E-state index is 0.167. The SMILES string of the molecule is C1=COOC1.CC(C)=O. The molecule has 0 aliphatic carbocycles. The smallest absolute Gasteiger partial charge is 0.128 e. The monoisotopic (exact) mass is 130 g/mol. The molecule has 1 rings (SSSR count).